The molecule has 28 heavy (non-hydrogen) atoms. The number of halogens is 3. The third-order valence-electron chi connectivity index (χ3n) is 3.75. The van der Waals surface area contributed by atoms with E-state index in [0.29, 0.717) is 11.3 Å². The standard InChI is InChI=1S/C19H21F3N2O3S/c1-18(2,3)28(26)23-10-14-9-16(19(20,21)22)17(25)24(12-14)11-13-5-7-15(27-4)8-6-13/h5-10,12H,11H2,1-4H3. The van der Waals surface area contributed by atoms with E-state index in [0.717, 1.165) is 16.8 Å². The molecule has 152 valence electrons. The maximum absolute atomic E-state index is 13.3. The lowest BCUT2D eigenvalue weighted by atomic mass is 10.1. The first-order valence-corrected chi connectivity index (χ1v) is 9.43. The van der Waals surface area contributed by atoms with Gasteiger partial charge in [-0.3, -0.25) is 4.79 Å². The van der Waals surface area contributed by atoms with Gasteiger partial charge in [-0.2, -0.15) is 13.2 Å². The zero-order chi connectivity index (χ0) is 21.1. The number of aromatic nitrogens is 1. The highest BCUT2D eigenvalue weighted by Gasteiger charge is 2.35. The zero-order valence-electron chi connectivity index (χ0n) is 15.9. The summed E-state index contributed by atoms with van der Waals surface area (Å²) in [4.78, 5) is 12.3. The summed E-state index contributed by atoms with van der Waals surface area (Å²) in [5, 5.41) is 0. The van der Waals surface area contributed by atoms with Crippen LogP contribution in [0.1, 0.15) is 37.5 Å². The quantitative estimate of drug-likeness (QED) is 0.552. The lowest BCUT2D eigenvalue weighted by Crippen LogP contribution is -2.29. The number of pyridine rings is 1. The van der Waals surface area contributed by atoms with Crippen molar-refractivity contribution in [2.24, 2.45) is 4.40 Å². The van der Waals surface area contributed by atoms with Gasteiger partial charge in [0, 0.05) is 11.8 Å². The number of alkyl halides is 3. The minimum absolute atomic E-state index is 0.0398. The van der Waals surface area contributed by atoms with Gasteiger partial charge in [-0.1, -0.05) is 16.5 Å². The van der Waals surface area contributed by atoms with E-state index >= 15 is 0 Å². The first kappa shape index (κ1) is 22.0. The molecule has 0 spiro atoms. The summed E-state index contributed by atoms with van der Waals surface area (Å²) in [5.74, 6) is 0.595. The first-order valence-electron chi connectivity index (χ1n) is 8.32. The largest absolute Gasteiger partial charge is 0.591 e. The van der Waals surface area contributed by atoms with Gasteiger partial charge in [0.05, 0.1) is 19.9 Å². The number of methoxy groups -OCH3 is 1. The molecular weight excluding hydrogens is 393 g/mol. The van der Waals surface area contributed by atoms with Crippen molar-refractivity contribution in [3.63, 3.8) is 0 Å². The number of nitrogens with zero attached hydrogens (tertiary/aromatic N) is 2. The van der Waals surface area contributed by atoms with Gasteiger partial charge >= 0.3 is 6.18 Å². The molecule has 1 aromatic carbocycles. The third kappa shape index (κ3) is 5.62. The van der Waals surface area contributed by atoms with Crippen LogP contribution in [0.2, 0.25) is 0 Å². The highest BCUT2D eigenvalue weighted by Crippen LogP contribution is 2.27. The molecule has 2 rings (SSSR count). The van der Waals surface area contributed by atoms with Crippen molar-refractivity contribution in [2.75, 3.05) is 7.11 Å². The Morgan fingerprint density at radius 1 is 1.21 bits per heavy atom. The zero-order valence-corrected chi connectivity index (χ0v) is 16.7. The second kappa shape index (κ2) is 8.40. The lowest BCUT2D eigenvalue weighted by molar-refractivity contribution is -0.138. The second-order valence-electron chi connectivity index (χ2n) is 7.06. The Kier molecular flexibility index (Phi) is 6.61. The summed E-state index contributed by atoms with van der Waals surface area (Å²) in [5.41, 5.74) is -1.79. The predicted octanol–water partition coefficient (Wildman–Crippen LogP) is 3.81. The Morgan fingerprint density at radius 3 is 2.32 bits per heavy atom. The minimum atomic E-state index is -4.81. The summed E-state index contributed by atoms with van der Waals surface area (Å²) < 4.78 is 61.1. The molecule has 0 fully saturated rings. The van der Waals surface area contributed by atoms with Crippen LogP contribution in [-0.4, -0.2) is 27.2 Å². The predicted molar refractivity (Wildman–Crippen MR) is 103 cm³/mol. The van der Waals surface area contributed by atoms with Crippen molar-refractivity contribution in [3.8, 4) is 5.75 Å². The minimum Gasteiger partial charge on any atom is -0.591 e. The molecule has 0 saturated carbocycles. The summed E-state index contributed by atoms with van der Waals surface area (Å²) in [6.45, 7) is 5.04. The van der Waals surface area contributed by atoms with E-state index in [9.17, 15) is 22.5 Å². The molecule has 0 saturated heterocycles. The van der Waals surface area contributed by atoms with Gasteiger partial charge in [-0.05, 0) is 44.5 Å². The Balaban J connectivity index is 2.46. The molecule has 0 N–H and O–H groups in total. The molecule has 0 amide bonds. The van der Waals surface area contributed by atoms with Gasteiger partial charge in [0.25, 0.3) is 5.56 Å². The fourth-order valence-electron chi connectivity index (χ4n) is 2.24. The van der Waals surface area contributed by atoms with Gasteiger partial charge in [-0.25, -0.2) is 0 Å². The molecule has 0 aliphatic carbocycles. The Bertz CT molecular complexity index is 901. The molecule has 5 nitrogen and oxygen atoms in total. The van der Waals surface area contributed by atoms with Crippen molar-refractivity contribution < 1.29 is 22.5 Å². The van der Waals surface area contributed by atoms with Crippen LogP contribution in [0.15, 0.2) is 45.7 Å². The highest BCUT2D eigenvalue weighted by molar-refractivity contribution is 7.91. The van der Waals surface area contributed by atoms with E-state index in [1.165, 1.54) is 13.3 Å². The highest BCUT2D eigenvalue weighted by atomic mass is 32.2. The monoisotopic (exact) mass is 414 g/mol. The van der Waals surface area contributed by atoms with E-state index in [2.05, 4.69) is 4.40 Å². The first-order chi connectivity index (χ1) is 12.9. The topological polar surface area (TPSA) is 66.7 Å². The van der Waals surface area contributed by atoms with Crippen LogP contribution >= 0.6 is 0 Å². The number of benzene rings is 1. The molecule has 9 heteroatoms. The summed E-state index contributed by atoms with van der Waals surface area (Å²) >= 11 is -1.63. The molecule has 0 bridgehead atoms. The van der Waals surface area contributed by atoms with Crippen molar-refractivity contribution in [1.29, 1.82) is 0 Å². The van der Waals surface area contributed by atoms with E-state index in [1.54, 1.807) is 45.0 Å². The van der Waals surface area contributed by atoms with Crippen molar-refractivity contribution in [3.05, 3.63) is 63.6 Å². The normalized spacial score (nSPS) is 13.7. The van der Waals surface area contributed by atoms with Crippen molar-refractivity contribution in [2.45, 2.75) is 38.2 Å². The number of ether oxygens (including phenoxy) is 1. The van der Waals surface area contributed by atoms with Gasteiger partial charge in [0.2, 0.25) is 0 Å². The maximum atomic E-state index is 13.3. The second-order valence-corrected chi connectivity index (χ2v) is 9.00. The number of hydrogen-bond acceptors (Lipinski definition) is 4. The van der Waals surface area contributed by atoms with E-state index in [-0.39, 0.29) is 12.1 Å². The summed E-state index contributed by atoms with van der Waals surface area (Å²) in [6, 6.07) is 7.35. The average Bonchev–Trinajstić information content (AvgIpc) is 2.60. The van der Waals surface area contributed by atoms with E-state index in [4.69, 9.17) is 4.74 Å². The van der Waals surface area contributed by atoms with E-state index in [1.807, 2.05) is 0 Å². The van der Waals surface area contributed by atoms with Crippen LogP contribution < -0.4 is 10.3 Å². The molecule has 1 unspecified atom stereocenters. The van der Waals surface area contributed by atoms with Crippen LogP contribution in [-0.2, 0) is 24.1 Å². The van der Waals surface area contributed by atoms with Crippen LogP contribution in [0.25, 0.3) is 0 Å². The third-order valence-corrected chi connectivity index (χ3v) is 5.09. The summed E-state index contributed by atoms with van der Waals surface area (Å²) in [7, 11) is 1.50. The molecule has 0 aliphatic heterocycles. The smallest absolute Gasteiger partial charge is 0.421 e. The van der Waals surface area contributed by atoms with Crippen LogP contribution in [0.4, 0.5) is 13.2 Å². The molecular formula is C19H21F3N2O3S. The Labute approximate surface area is 164 Å². The van der Waals surface area contributed by atoms with E-state index < -0.39 is 33.4 Å². The SMILES string of the molecule is COc1ccc(Cn2cc(C=N[S+]([O-])C(C)(C)C)cc(C(F)(F)F)c2=O)cc1. The fourth-order valence-corrected chi connectivity index (χ4v) is 2.78. The summed E-state index contributed by atoms with van der Waals surface area (Å²) in [6.07, 6.45) is -2.45. The van der Waals surface area contributed by atoms with Crippen molar-refractivity contribution in [1.82, 2.24) is 4.57 Å². The molecule has 2 aromatic rings. The molecule has 0 aliphatic rings. The fraction of sp³-hybridized carbons (Fsp3) is 0.368. The average molecular weight is 414 g/mol. The molecule has 0 radical (unpaired) electrons. The molecule has 1 heterocycles. The molecule has 1 aromatic heterocycles. The number of hydrogen-bond donors (Lipinski definition) is 0. The Hall–Kier alpha value is -2.26. The van der Waals surface area contributed by atoms with Crippen LogP contribution in [0, 0.1) is 0 Å². The number of rotatable bonds is 5. The van der Waals surface area contributed by atoms with Gasteiger partial charge in [0.15, 0.2) is 0 Å². The van der Waals surface area contributed by atoms with Crippen LogP contribution in [0.5, 0.6) is 5.75 Å². The molecule has 1 atom stereocenters. The van der Waals surface area contributed by atoms with Gasteiger partial charge < -0.3 is 13.9 Å². The Morgan fingerprint density at radius 2 is 1.82 bits per heavy atom. The van der Waals surface area contributed by atoms with Gasteiger partial charge in [0.1, 0.15) is 27.4 Å². The maximum Gasteiger partial charge on any atom is 0.421 e. The van der Waals surface area contributed by atoms with Crippen molar-refractivity contribution >= 4 is 17.6 Å². The lowest BCUT2D eigenvalue weighted by Gasteiger charge is -2.18. The van der Waals surface area contributed by atoms with Gasteiger partial charge in [-0.15, -0.1) is 0 Å². The van der Waals surface area contributed by atoms with Crippen LogP contribution in [0.3, 0.4) is 0 Å².